The molecule has 0 aliphatic carbocycles. The number of alkyl halides is 2. The predicted octanol–water partition coefficient (Wildman–Crippen LogP) is 3.15. The molecule has 92 valence electrons. The van der Waals surface area contributed by atoms with Crippen LogP contribution in [-0.2, 0) is 0 Å². The minimum absolute atomic E-state index is 0.600. The molecule has 0 N–H and O–H groups in total. The predicted molar refractivity (Wildman–Crippen MR) is 72.5 cm³/mol. The van der Waals surface area contributed by atoms with Crippen LogP contribution in [0.3, 0.4) is 0 Å². The molecule has 0 aliphatic rings. The average molecular weight is 272 g/mol. The lowest BCUT2D eigenvalue weighted by atomic mass is 10.3. The largest absolute Gasteiger partial charge is 0.494 e. The zero-order valence-corrected chi connectivity index (χ0v) is 11.2. The van der Waals surface area contributed by atoms with E-state index in [0.29, 0.717) is 13.2 Å². The zero-order chi connectivity index (χ0) is 12.7. The van der Waals surface area contributed by atoms with Crippen molar-refractivity contribution in [1.82, 2.24) is 4.90 Å². The normalized spacial score (nSPS) is 11.2. The molecule has 0 aromatic heterocycles. The second-order valence-corrected chi connectivity index (χ2v) is 4.91. The summed E-state index contributed by atoms with van der Waals surface area (Å²) in [7, 11) is 1.78. The SMILES string of the molecule is C#CC(Cl)(Cl)N(C)CCCOc1ccccc1. The second kappa shape index (κ2) is 6.76. The highest BCUT2D eigenvalue weighted by molar-refractivity contribution is 6.50. The first kappa shape index (κ1) is 14.2. The summed E-state index contributed by atoms with van der Waals surface area (Å²) in [5.41, 5.74) is 0. The number of hydrogen-bond donors (Lipinski definition) is 0. The zero-order valence-electron chi connectivity index (χ0n) is 9.70. The molecule has 17 heavy (non-hydrogen) atoms. The van der Waals surface area contributed by atoms with Crippen LogP contribution < -0.4 is 4.74 Å². The summed E-state index contributed by atoms with van der Waals surface area (Å²) in [6.45, 7) is 1.27. The van der Waals surface area contributed by atoms with Gasteiger partial charge in [0.1, 0.15) is 5.75 Å². The van der Waals surface area contributed by atoms with E-state index >= 15 is 0 Å². The number of nitrogens with zero attached hydrogens (tertiary/aromatic N) is 1. The van der Waals surface area contributed by atoms with Gasteiger partial charge in [0.05, 0.1) is 6.61 Å². The summed E-state index contributed by atoms with van der Waals surface area (Å²) in [5, 5.41) is 0. The quantitative estimate of drug-likeness (QED) is 0.341. The van der Waals surface area contributed by atoms with Crippen LogP contribution >= 0.6 is 23.2 Å². The van der Waals surface area contributed by atoms with Crippen molar-refractivity contribution in [1.29, 1.82) is 0 Å². The summed E-state index contributed by atoms with van der Waals surface area (Å²) in [6, 6.07) is 9.64. The highest BCUT2D eigenvalue weighted by Crippen LogP contribution is 2.23. The van der Waals surface area contributed by atoms with E-state index < -0.39 is 4.46 Å². The van der Waals surface area contributed by atoms with Crippen LogP contribution in [0, 0.1) is 12.3 Å². The standard InChI is InChI=1S/C13H15Cl2NO/c1-3-13(14,15)16(2)10-7-11-17-12-8-5-4-6-9-12/h1,4-6,8-9H,7,10-11H2,2H3. The Morgan fingerprint density at radius 3 is 2.59 bits per heavy atom. The topological polar surface area (TPSA) is 12.5 Å². The smallest absolute Gasteiger partial charge is 0.233 e. The van der Waals surface area contributed by atoms with Crippen LogP contribution in [-0.4, -0.2) is 29.6 Å². The van der Waals surface area contributed by atoms with Crippen LogP contribution in [0.15, 0.2) is 30.3 Å². The molecular weight excluding hydrogens is 257 g/mol. The maximum atomic E-state index is 5.88. The molecule has 1 aromatic rings. The third-order valence-electron chi connectivity index (χ3n) is 2.30. The summed E-state index contributed by atoms with van der Waals surface area (Å²) in [4.78, 5) is 1.70. The van der Waals surface area contributed by atoms with Crippen molar-refractivity contribution in [2.24, 2.45) is 0 Å². The maximum absolute atomic E-state index is 5.88. The van der Waals surface area contributed by atoms with Crippen LogP contribution in [0.5, 0.6) is 5.75 Å². The molecule has 0 heterocycles. The number of rotatable bonds is 6. The summed E-state index contributed by atoms with van der Waals surface area (Å²) >= 11 is 11.8. The Morgan fingerprint density at radius 1 is 1.35 bits per heavy atom. The van der Waals surface area contributed by atoms with Gasteiger partial charge >= 0.3 is 0 Å². The number of benzene rings is 1. The fourth-order valence-electron chi connectivity index (χ4n) is 1.26. The van der Waals surface area contributed by atoms with E-state index in [9.17, 15) is 0 Å². The van der Waals surface area contributed by atoms with Crippen LogP contribution in [0.25, 0.3) is 0 Å². The number of hydrogen-bond acceptors (Lipinski definition) is 2. The van der Waals surface area contributed by atoms with E-state index in [1.54, 1.807) is 11.9 Å². The average Bonchev–Trinajstić information content (AvgIpc) is 2.35. The first-order valence-corrected chi connectivity index (χ1v) is 6.06. The number of halogens is 2. The molecule has 0 fully saturated rings. The lowest BCUT2D eigenvalue weighted by Crippen LogP contribution is -2.36. The third-order valence-corrected chi connectivity index (χ3v) is 3.10. The number of terminal acetylenes is 1. The summed E-state index contributed by atoms with van der Waals surface area (Å²) in [6.07, 6.45) is 6.02. The van der Waals surface area contributed by atoms with Gasteiger partial charge in [-0.1, -0.05) is 47.3 Å². The molecule has 0 radical (unpaired) electrons. The van der Waals surface area contributed by atoms with E-state index in [0.717, 1.165) is 12.2 Å². The van der Waals surface area contributed by atoms with Crippen LogP contribution in [0.1, 0.15) is 6.42 Å². The lowest BCUT2D eigenvalue weighted by molar-refractivity contribution is 0.256. The van der Waals surface area contributed by atoms with E-state index in [1.807, 2.05) is 30.3 Å². The molecule has 0 spiro atoms. The Labute approximate surface area is 112 Å². The first-order chi connectivity index (χ1) is 8.06. The Morgan fingerprint density at radius 2 is 2.00 bits per heavy atom. The fourth-order valence-corrected chi connectivity index (χ4v) is 1.43. The number of para-hydroxylation sites is 1. The van der Waals surface area contributed by atoms with Crippen LogP contribution in [0.2, 0.25) is 0 Å². The maximum Gasteiger partial charge on any atom is 0.233 e. The molecule has 1 rings (SSSR count). The molecule has 0 amide bonds. The third kappa shape index (κ3) is 4.87. The van der Waals surface area contributed by atoms with Gasteiger partial charge in [0.2, 0.25) is 4.46 Å². The molecule has 0 aliphatic heterocycles. The Kier molecular flexibility index (Phi) is 5.64. The molecule has 4 heteroatoms. The Balaban J connectivity index is 2.24. The van der Waals surface area contributed by atoms with E-state index in [1.165, 1.54) is 0 Å². The molecule has 0 bridgehead atoms. The van der Waals surface area contributed by atoms with E-state index in [-0.39, 0.29) is 0 Å². The Bertz CT molecular complexity index is 373. The van der Waals surface area contributed by atoms with Crippen molar-refractivity contribution in [3.05, 3.63) is 30.3 Å². The molecule has 0 saturated carbocycles. The van der Waals surface area contributed by atoms with Gasteiger partial charge in [-0.25, -0.2) is 0 Å². The van der Waals surface area contributed by atoms with Gasteiger partial charge in [-0.05, 0) is 25.6 Å². The van der Waals surface area contributed by atoms with Gasteiger partial charge in [0.15, 0.2) is 0 Å². The highest BCUT2D eigenvalue weighted by atomic mass is 35.5. The number of ether oxygens (including phenoxy) is 1. The molecule has 0 atom stereocenters. The minimum Gasteiger partial charge on any atom is -0.494 e. The molecule has 2 nitrogen and oxygen atoms in total. The minimum atomic E-state index is -1.24. The summed E-state index contributed by atoms with van der Waals surface area (Å²) < 4.78 is 4.29. The molecule has 1 aromatic carbocycles. The Hall–Kier alpha value is -0.880. The lowest BCUT2D eigenvalue weighted by Gasteiger charge is -2.25. The van der Waals surface area contributed by atoms with E-state index in [2.05, 4.69) is 5.92 Å². The second-order valence-electron chi connectivity index (χ2n) is 3.62. The van der Waals surface area contributed by atoms with Gasteiger partial charge in [0, 0.05) is 6.54 Å². The van der Waals surface area contributed by atoms with Crippen molar-refractivity contribution in [2.75, 3.05) is 20.2 Å². The van der Waals surface area contributed by atoms with Gasteiger partial charge in [0.25, 0.3) is 0 Å². The fraction of sp³-hybridized carbons (Fsp3) is 0.385. The van der Waals surface area contributed by atoms with Crippen molar-refractivity contribution in [3.8, 4) is 18.1 Å². The molecular formula is C13H15Cl2NO. The van der Waals surface area contributed by atoms with Gasteiger partial charge in [-0.2, -0.15) is 0 Å². The molecule has 0 unspecified atom stereocenters. The van der Waals surface area contributed by atoms with E-state index in [4.69, 9.17) is 34.4 Å². The molecule has 0 saturated heterocycles. The van der Waals surface area contributed by atoms with Gasteiger partial charge < -0.3 is 4.74 Å². The van der Waals surface area contributed by atoms with Crippen molar-refractivity contribution in [3.63, 3.8) is 0 Å². The van der Waals surface area contributed by atoms with Gasteiger partial charge in [-0.15, -0.1) is 6.42 Å². The first-order valence-electron chi connectivity index (χ1n) is 5.31. The van der Waals surface area contributed by atoms with Crippen molar-refractivity contribution >= 4 is 23.2 Å². The summed E-state index contributed by atoms with van der Waals surface area (Å²) in [5.74, 6) is 3.17. The van der Waals surface area contributed by atoms with Gasteiger partial charge in [-0.3, -0.25) is 4.90 Å². The van der Waals surface area contributed by atoms with Crippen molar-refractivity contribution < 1.29 is 4.74 Å². The van der Waals surface area contributed by atoms with Crippen molar-refractivity contribution in [2.45, 2.75) is 10.9 Å². The van der Waals surface area contributed by atoms with Crippen LogP contribution in [0.4, 0.5) is 0 Å². The highest BCUT2D eigenvalue weighted by Gasteiger charge is 2.25. The monoisotopic (exact) mass is 271 g/mol.